The molecule has 0 aromatic rings. The van der Waals surface area contributed by atoms with Gasteiger partial charge in [-0.3, -0.25) is 9.69 Å². The molecule has 3 rings (SSSR count). The second-order valence-electron chi connectivity index (χ2n) is 9.05. The van der Waals surface area contributed by atoms with Crippen molar-refractivity contribution in [2.45, 2.75) is 77.0 Å². The molecule has 2 saturated heterocycles. The molecule has 1 saturated carbocycles. The minimum Gasteiger partial charge on any atom is -0.373 e. The van der Waals surface area contributed by atoms with Crippen LogP contribution >= 0.6 is 24.8 Å². The molecule has 3 aliphatic rings. The highest BCUT2D eigenvalue weighted by Gasteiger charge is 2.40. The van der Waals surface area contributed by atoms with Crippen molar-refractivity contribution in [3.05, 3.63) is 0 Å². The van der Waals surface area contributed by atoms with Crippen LogP contribution in [0.1, 0.15) is 59.3 Å². The number of hydrogen-bond acceptors (Lipinski definition) is 4. The largest absolute Gasteiger partial charge is 0.373 e. The number of carbonyl (C=O) groups excluding carboxylic acids is 1. The summed E-state index contributed by atoms with van der Waals surface area (Å²) in [5.41, 5.74) is 6.13. The third-order valence-corrected chi connectivity index (χ3v) is 6.49. The summed E-state index contributed by atoms with van der Waals surface area (Å²) >= 11 is 0. The molecule has 27 heavy (non-hydrogen) atoms. The lowest BCUT2D eigenvalue weighted by molar-refractivity contribution is -0.140. The van der Waals surface area contributed by atoms with E-state index >= 15 is 0 Å². The van der Waals surface area contributed by atoms with Gasteiger partial charge in [-0.2, -0.15) is 0 Å². The Morgan fingerprint density at radius 2 is 1.67 bits per heavy atom. The van der Waals surface area contributed by atoms with Crippen molar-refractivity contribution in [2.24, 2.45) is 17.6 Å². The van der Waals surface area contributed by atoms with Crippen molar-refractivity contribution >= 4 is 30.7 Å². The van der Waals surface area contributed by atoms with Gasteiger partial charge in [-0.25, -0.2) is 0 Å². The summed E-state index contributed by atoms with van der Waals surface area (Å²) in [6.07, 6.45) is 7.17. The van der Waals surface area contributed by atoms with Gasteiger partial charge in [0.25, 0.3) is 0 Å². The van der Waals surface area contributed by atoms with Crippen LogP contribution in [0.25, 0.3) is 0 Å². The van der Waals surface area contributed by atoms with Crippen LogP contribution in [0, 0.1) is 11.8 Å². The number of nitrogens with two attached hydrogens (primary N) is 1. The summed E-state index contributed by atoms with van der Waals surface area (Å²) in [5.74, 6) is 1.05. The first-order valence-corrected chi connectivity index (χ1v) is 10.3. The highest BCUT2D eigenvalue weighted by Crippen LogP contribution is 2.34. The van der Waals surface area contributed by atoms with Gasteiger partial charge >= 0.3 is 0 Å². The average Bonchev–Trinajstić information content (AvgIpc) is 2.53. The molecule has 0 radical (unpaired) electrons. The van der Waals surface area contributed by atoms with Gasteiger partial charge in [-0.05, 0) is 52.4 Å². The monoisotopic (exact) mass is 423 g/mol. The maximum Gasteiger partial charge on any atom is 0.227 e. The third kappa shape index (κ3) is 6.46. The van der Waals surface area contributed by atoms with Gasteiger partial charge in [0.2, 0.25) is 5.91 Å². The number of ether oxygens (including phenoxy) is 1. The van der Waals surface area contributed by atoms with Crippen LogP contribution in [-0.2, 0) is 9.53 Å². The predicted octanol–water partition coefficient (Wildman–Crippen LogP) is 3.09. The van der Waals surface area contributed by atoms with E-state index < -0.39 is 0 Å². The lowest BCUT2D eigenvalue weighted by atomic mass is 9.73. The second-order valence-corrected chi connectivity index (χ2v) is 9.05. The van der Waals surface area contributed by atoms with Crippen molar-refractivity contribution in [3.63, 3.8) is 0 Å². The maximum absolute atomic E-state index is 13.0. The Labute approximate surface area is 177 Å². The van der Waals surface area contributed by atoms with E-state index in [0.29, 0.717) is 24.0 Å². The molecule has 5 nitrogen and oxygen atoms in total. The quantitative estimate of drug-likeness (QED) is 0.757. The van der Waals surface area contributed by atoms with E-state index in [0.717, 1.165) is 71.2 Å². The molecule has 0 aromatic carbocycles. The summed E-state index contributed by atoms with van der Waals surface area (Å²) in [6.45, 7) is 11.4. The van der Waals surface area contributed by atoms with Gasteiger partial charge in [0.05, 0.1) is 18.1 Å². The number of rotatable bonds is 3. The van der Waals surface area contributed by atoms with E-state index in [1.165, 1.54) is 0 Å². The van der Waals surface area contributed by atoms with E-state index in [1.807, 2.05) is 0 Å². The molecule has 7 heteroatoms. The van der Waals surface area contributed by atoms with Crippen LogP contribution in [0.2, 0.25) is 0 Å². The van der Waals surface area contributed by atoms with Crippen LogP contribution in [0.4, 0.5) is 0 Å². The Bertz CT molecular complexity index is 460. The van der Waals surface area contributed by atoms with E-state index in [1.54, 1.807) is 0 Å². The van der Waals surface area contributed by atoms with Crippen molar-refractivity contribution in [1.29, 1.82) is 0 Å². The number of piperidine rings is 1. The number of carbonyl (C=O) groups is 1. The van der Waals surface area contributed by atoms with Crippen LogP contribution < -0.4 is 5.73 Å². The molecule has 2 N–H and O–H groups in total. The zero-order valence-electron chi connectivity index (χ0n) is 17.2. The summed E-state index contributed by atoms with van der Waals surface area (Å²) in [7, 11) is 0. The lowest BCUT2D eigenvalue weighted by Gasteiger charge is -2.43. The molecule has 3 fully saturated rings. The Balaban J connectivity index is 0.00000182. The lowest BCUT2D eigenvalue weighted by Crippen LogP contribution is -2.55. The Hall–Kier alpha value is -0.0700. The normalized spacial score (nSPS) is 35.9. The Morgan fingerprint density at radius 3 is 2.22 bits per heavy atom. The SMILES string of the molecule is CC1CN(CC2CCN(C(=O)C3CCCCC3(C)N)CC2)CC(C)O1.Cl.Cl. The summed E-state index contributed by atoms with van der Waals surface area (Å²) in [6, 6.07) is 0. The number of nitrogens with zero attached hydrogens (tertiary/aromatic N) is 2. The average molecular weight is 424 g/mol. The van der Waals surface area contributed by atoms with Gasteiger partial charge in [0, 0.05) is 38.3 Å². The smallest absolute Gasteiger partial charge is 0.227 e. The number of hydrogen-bond donors (Lipinski definition) is 1. The van der Waals surface area contributed by atoms with Crippen molar-refractivity contribution in [1.82, 2.24) is 9.80 Å². The van der Waals surface area contributed by atoms with Gasteiger partial charge < -0.3 is 15.4 Å². The highest BCUT2D eigenvalue weighted by atomic mass is 35.5. The van der Waals surface area contributed by atoms with Gasteiger partial charge in [-0.1, -0.05) is 12.8 Å². The molecular formula is C20H39Cl2N3O2. The number of likely N-dealkylation sites (tertiary alicyclic amines) is 1. The highest BCUT2D eigenvalue weighted by molar-refractivity contribution is 5.85. The van der Waals surface area contributed by atoms with E-state index in [-0.39, 0.29) is 36.3 Å². The van der Waals surface area contributed by atoms with Crippen LogP contribution in [-0.4, -0.2) is 66.2 Å². The summed E-state index contributed by atoms with van der Waals surface area (Å²) in [4.78, 5) is 17.6. The minimum atomic E-state index is -0.313. The molecular weight excluding hydrogens is 385 g/mol. The minimum absolute atomic E-state index is 0. The molecule has 0 bridgehead atoms. The predicted molar refractivity (Wildman–Crippen MR) is 115 cm³/mol. The first-order chi connectivity index (χ1) is 11.8. The topological polar surface area (TPSA) is 58.8 Å². The second kappa shape index (κ2) is 10.6. The third-order valence-electron chi connectivity index (χ3n) is 6.49. The fraction of sp³-hybridized carbons (Fsp3) is 0.950. The number of amides is 1. The maximum atomic E-state index is 13.0. The fourth-order valence-corrected chi connectivity index (χ4v) is 5.12. The number of halogens is 2. The molecule has 2 heterocycles. The van der Waals surface area contributed by atoms with Crippen molar-refractivity contribution in [2.75, 3.05) is 32.7 Å². The van der Waals surface area contributed by atoms with Crippen LogP contribution in [0.3, 0.4) is 0 Å². The molecule has 4 unspecified atom stereocenters. The van der Waals surface area contributed by atoms with Crippen LogP contribution in [0.15, 0.2) is 0 Å². The standard InChI is InChI=1S/C20H37N3O2.2ClH/c1-15-12-22(13-16(2)25-15)14-17-7-10-23(11-8-17)19(24)18-6-4-5-9-20(18,3)21;;/h15-18H,4-14,21H2,1-3H3;2*1H. The van der Waals surface area contributed by atoms with Gasteiger partial charge in [0.1, 0.15) is 0 Å². The summed E-state index contributed by atoms with van der Waals surface area (Å²) < 4.78 is 5.83. The van der Waals surface area contributed by atoms with Gasteiger partial charge in [-0.15, -0.1) is 24.8 Å². The number of morpholine rings is 1. The Morgan fingerprint density at radius 1 is 1.07 bits per heavy atom. The van der Waals surface area contributed by atoms with E-state index in [2.05, 4.69) is 30.6 Å². The van der Waals surface area contributed by atoms with E-state index in [4.69, 9.17) is 10.5 Å². The fourth-order valence-electron chi connectivity index (χ4n) is 5.12. The first kappa shape index (κ1) is 25.0. The van der Waals surface area contributed by atoms with Crippen molar-refractivity contribution < 1.29 is 9.53 Å². The first-order valence-electron chi connectivity index (χ1n) is 10.3. The molecule has 0 spiro atoms. The molecule has 0 aromatic heterocycles. The van der Waals surface area contributed by atoms with Gasteiger partial charge in [0.15, 0.2) is 0 Å². The van der Waals surface area contributed by atoms with Crippen molar-refractivity contribution in [3.8, 4) is 0 Å². The molecule has 1 amide bonds. The summed E-state index contributed by atoms with van der Waals surface area (Å²) in [5, 5.41) is 0. The molecule has 4 atom stereocenters. The van der Waals surface area contributed by atoms with E-state index in [9.17, 15) is 4.79 Å². The van der Waals surface area contributed by atoms with Crippen LogP contribution in [0.5, 0.6) is 0 Å². The zero-order valence-corrected chi connectivity index (χ0v) is 18.8. The molecule has 160 valence electrons. The molecule has 1 aliphatic carbocycles. The Kier molecular flexibility index (Phi) is 9.83. The molecule has 2 aliphatic heterocycles. The zero-order chi connectivity index (χ0) is 18.0.